The van der Waals surface area contributed by atoms with E-state index in [1.165, 1.54) is 19.3 Å². The minimum atomic E-state index is -0.599. The van der Waals surface area contributed by atoms with Crippen molar-refractivity contribution >= 4 is 17.3 Å². The van der Waals surface area contributed by atoms with Crippen molar-refractivity contribution < 1.29 is 14.3 Å². The summed E-state index contributed by atoms with van der Waals surface area (Å²) in [5.41, 5.74) is 1.92. The second-order valence-electron chi connectivity index (χ2n) is 6.49. The van der Waals surface area contributed by atoms with Crippen LogP contribution in [0.1, 0.15) is 26.2 Å². The van der Waals surface area contributed by atoms with E-state index in [0.717, 1.165) is 30.2 Å². The Morgan fingerprint density at radius 3 is 2.35 bits per heavy atom. The molecule has 1 atom stereocenters. The third-order valence-corrected chi connectivity index (χ3v) is 4.60. The molecule has 0 bridgehead atoms. The van der Waals surface area contributed by atoms with Crippen LogP contribution in [0.5, 0.6) is 11.5 Å². The highest BCUT2D eigenvalue weighted by atomic mass is 16.5. The normalized spacial score (nSPS) is 15.2. The molecule has 1 aliphatic rings. The number of carbonyl (C=O) groups excluding carboxylic acids is 1. The van der Waals surface area contributed by atoms with Crippen molar-refractivity contribution in [3.8, 4) is 11.5 Å². The topological polar surface area (TPSA) is 50.8 Å². The van der Waals surface area contributed by atoms with E-state index in [9.17, 15) is 4.79 Å². The number of para-hydroxylation sites is 2. The van der Waals surface area contributed by atoms with Gasteiger partial charge in [-0.1, -0.05) is 12.1 Å². The molecular weight excluding hydrogens is 328 g/mol. The average molecular weight is 354 g/mol. The van der Waals surface area contributed by atoms with E-state index in [2.05, 4.69) is 16.3 Å². The van der Waals surface area contributed by atoms with Gasteiger partial charge in [0.05, 0.1) is 18.5 Å². The molecule has 138 valence electrons. The maximum absolute atomic E-state index is 12.6. The Morgan fingerprint density at radius 1 is 1.00 bits per heavy atom. The number of nitrogens with one attached hydrogen (secondary N) is 1. The van der Waals surface area contributed by atoms with Crippen LogP contribution in [0.3, 0.4) is 0 Å². The second-order valence-corrected chi connectivity index (χ2v) is 6.49. The molecule has 1 fully saturated rings. The summed E-state index contributed by atoms with van der Waals surface area (Å²) in [5, 5.41) is 3.02. The van der Waals surface area contributed by atoms with Gasteiger partial charge in [0.15, 0.2) is 6.10 Å². The van der Waals surface area contributed by atoms with Gasteiger partial charge in [0.2, 0.25) is 0 Å². The molecule has 1 amide bonds. The van der Waals surface area contributed by atoms with Crippen LogP contribution >= 0.6 is 0 Å². The van der Waals surface area contributed by atoms with Gasteiger partial charge in [0, 0.05) is 13.1 Å². The minimum Gasteiger partial charge on any atom is -0.497 e. The summed E-state index contributed by atoms with van der Waals surface area (Å²) in [6.45, 7) is 3.82. The molecule has 1 unspecified atom stereocenters. The fourth-order valence-corrected chi connectivity index (χ4v) is 3.14. The Morgan fingerprint density at radius 2 is 1.65 bits per heavy atom. The molecule has 0 saturated carbocycles. The Bertz CT molecular complexity index is 724. The van der Waals surface area contributed by atoms with Crippen LogP contribution in [-0.2, 0) is 4.79 Å². The van der Waals surface area contributed by atoms with Gasteiger partial charge in [-0.15, -0.1) is 0 Å². The standard InChI is InChI=1S/C21H26N2O3/c1-16(26-18-12-10-17(25-2)11-13-18)21(24)22-19-8-4-5-9-20(19)23-14-6-3-7-15-23/h4-5,8-13,16H,3,6-7,14-15H2,1-2H3,(H,22,24). The smallest absolute Gasteiger partial charge is 0.265 e. The van der Waals surface area contributed by atoms with E-state index in [1.54, 1.807) is 26.2 Å². The first-order chi connectivity index (χ1) is 12.7. The average Bonchev–Trinajstić information content (AvgIpc) is 2.69. The maximum atomic E-state index is 12.6. The summed E-state index contributed by atoms with van der Waals surface area (Å²) in [6.07, 6.45) is 3.06. The molecule has 0 spiro atoms. The van der Waals surface area contributed by atoms with Crippen molar-refractivity contribution in [2.24, 2.45) is 0 Å². The van der Waals surface area contributed by atoms with E-state index < -0.39 is 6.10 Å². The van der Waals surface area contributed by atoms with Crippen LogP contribution in [0.4, 0.5) is 11.4 Å². The van der Waals surface area contributed by atoms with E-state index in [-0.39, 0.29) is 5.91 Å². The first kappa shape index (κ1) is 18.1. The summed E-state index contributed by atoms with van der Waals surface area (Å²) in [7, 11) is 1.62. The van der Waals surface area contributed by atoms with Gasteiger partial charge in [-0.3, -0.25) is 4.79 Å². The third kappa shape index (κ3) is 4.48. The fourth-order valence-electron chi connectivity index (χ4n) is 3.14. The molecule has 0 radical (unpaired) electrons. The molecule has 1 saturated heterocycles. The molecule has 2 aromatic carbocycles. The van der Waals surface area contributed by atoms with E-state index in [1.807, 2.05) is 30.3 Å². The molecule has 3 rings (SSSR count). The van der Waals surface area contributed by atoms with Crippen LogP contribution in [0.15, 0.2) is 48.5 Å². The van der Waals surface area contributed by atoms with Crippen LogP contribution in [-0.4, -0.2) is 32.2 Å². The van der Waals surface area contributed by atoms with Gasteiger partial charge >= 0.3 is 0 Å². The zero-order valence-corrected chi connectivity index (χ0v) is 15.4. The number of methoxy groups -OCH3 is 1. The number of anilines is 2. The van der Waals surface area contributed by atoms with Crippen molar-refractivity contribution in [2.75, 3.05) is 30.4 Å². The van der Waals surface area contributed by atoms with E-state index in [0.29, 0.717) is 5.75 Å². The zero-order valence-electron chi connectivity index (χ0n) is 15.4. The van der Waals surface area contributed by atoms with E-state index in [4.69, 9.17) is 9.47 Å². The lowest BCUT2D eigenvalue weighted by molar-refractivity contribution is -0.122. The Kier molecular flexibility index (Phi) is 6.00. The van der Waals surface area contributed by atoms with Gasteiger partial charge in [-0.2, -0.15) is 0 Å². The highest BCUT2D eigenvalue weighted by Crippen LogP contribution is 2.28. The Balaban J connectivity index is 1.65. The predicted octanol–water partition coefficient (Wildman–Crippen LogP) is 4.09. The molecular formula is C21H26N2O3. The number of nitrogens with zero attached hydrogens (tertiary/aromatic N) is 1. The lowest BCUT2D eigenvalue weighted by atomic mass is 10.1. The van der Waals surface area contributed by atoms with E-state index >= 15 is 0 Å². The van der Waals surface area contributed by atoms with Crippen molar-refractivity contribution in [2.45, 2.75) is 32.3 Å². The molecule has 1 N–H and O–H groups in total. The number of benzene rings is 2. The lowest BCUT2D eigenvalue weighted by Gasteiger charge is -2.30. The van der Waals surface area contributed by atoms with Gasteiger partial charge in [-0.05, 0) is 62.6 Å². The van der Waals surface area contributed by atoms with Gasteiger partial charge in [0.25, 0.3) is 5.91 Å². The number of carbonyl (C=O) groups is 1. The van der Waals surface area contributed by atoms with Crippen LogP contribution in [0, 0.1) is 0 Å². The largest absolute Gasteiger partial charge is 0.497 e. The summed E-state index contributed by atoms with van der Waals surface area (Å²) in [5.74, 6) is 1.23. The SMILES string of the molecule is COc1ccc(OC(C)C(=O)Nc2ccccc2N2CCCCC2)cc1. The fraction of sp³-hybridized carbons (Fsp3) is 0.381. The van der Waals surface area contributed by atoms with Crippen LogP contribution in [0.2, 0.25) is 0 Å². The van der Waals surface area contributed by atoms with Crippen molar-refractivity contribution in [3.63, 3.8) is 0 Å². The molecule has 0 aliphatic carbocycles. The second kappa shape index (κ2) is 8.61. The summed E-state index contributed by atoms with van der Waals surface area (Å²) < 4.78 is 10.9. The van der Waals surface area contributed by atoms with Crippen molar-refractivity contribution in [1.82, 2.24) is 0 Å². The van der Waals surface area contributed by atoms with Gasteiger partial charge in [-0.25, -0.2) is 0 Å². The summed E-state index contributed by atoms with van der Waals surface area (Å²) >= 11 is 0. The third-order valence-electron chi connectivity index (χ3n) is 4.60. The first-order valence-electron chi connectivity index (χ1n) is 9.13. The lowest BCUT2D eigenvalue weighted by Crippen LogP contribution is -2.33. The van der Waals surface area contributed by atoms with Crippen molar-refractivity contribution in [3.05, 3.63) is 48.5 Å². The van der Waals surface area contributed by atoms with Crippen molar-refractivity contribution in [1.29, 1.82) is 0 Å². The number of ether oxygens (including phenoxy) is 2. The minimum absolute atomic E-state index is 0.162. The molecule has 5 heteroatoms. The molecule has 0 aromatic heterocycles. The molecule has 1 aliphatic heterocycles. The molecule has 5 nitrogen and oxygen atoms in total. The molecule has 1 heterocycles. The number of amides is 1. The summed E-state index contributed by atoms with van der Waals surface area (Å²) in [6, 6.07) is 15.2. The number of hydrogen-bond donors (Lipinski definition) is 1. The Hall–Kier alpha value is -2.69. The Labute approximate surface area is 154 Å². The van der Waals surface area contributed by atoms with Crippen LogP contribution < -0.4 is 19.7 Å². The number of rotatable bonds is 6. The number of piperidine rings is 1. The quantitative estimate of drug-likeness (QED) is 0.849. The van der Waals surface area contributed by atoms with Crippen LogP contribution in [0.25, 0.3) is 0 Å². The highest BCUT2D eigenvalue weighted by molar-refractivity contribution is 5.97. The zero-order chi connectivity index (χ0) is 18.4. The monoisotopic (exact) mass is 354 g/mol. The summed E-state index contributed by atoms with van der Waals surface area (Å²) in [4.78, 5) is 14.9. The maximum Gasteiger partial charge on any atom is 0.265 e. The highest BCUT2D eigenvalue weighted by Gasteiger charge is 2.19. The molecule has 2 aromatic rings. The predicted molar refractivity (Wildman–Crippen MR) is 104 cm³/mol. The number of hydrogen-bond acceptors (Lipinski definition) is 4. The molecule has 26 heavy (non-hydrogen) atoms. The first-order valence-corrected chi connectivity index (χ1v) is 9.13. The van der Waals surface area contributed by atoms with Gasteiger partial charge < -0.3 is 19.7 Å². The van der Waals surface area contributed by atoms with Gasteiger partial charge in [0.1, 0.15) is 11.5 Å².